The topological polar surface area (TPSA) is 43.4 Å². The fourth-order valence-electron chi connectivity index (χ4n) is 1.69. The lowest BCUT2D eigenvalue weighted by molar-refractivity contribution is 0.484. The van der Waals surface area contributed by atoms with E-state index in [2.05, 4.69) is 0 Å². The molecule has 0 bridgehead atoms. The SMILES string of the molecule is Cc1ccc(S(=O)(=O)Oc2ccccc2C)cc1C. The summed E-state index contributed by atoms with van der Waals surface area (Å²) < 4.78 is 29.6. The highest BCUT2D eigenvalue weighted by atomic mass is 32.2. The van der Waals surface area contributed by atoms with Crippen LogP contribution >= 0.6 is 0 Å². The van der Waals surface area contributed by atoms with Gasteiger partial charge in [-0.3, -0.25) is 0 Å². The smallest absolute Gasteiger partial charge is 0.339 e. The Bertz CT molecular complexity index is 703. The van der Waals surface area contributed by atoms with Crippen molar-refractivity contribution in [2.75, 3.05) is 0 Å². The second-order valence-corrected chi connectivity index (χ2v) is 6.10. The molecule has 0 aliphatic heterocycles. The standard InChI is InChI=1S/C15H16O3S/c1-11-8-9-14(10-13(11)3)19(16,17)18-15-7-5-4-6-12(15)2/h4-10H,1-3H3. The van der Waals surface area contributed by atoms with Gasteiger partial charge in [0.15, 0.2) is 0 Å². The molecule has 0 amide bonds. The van der Waals surface area contributed by atoms with Gasteiger partial charge in [-0.05, 0) is 55.7 Å². The Morgan fingerprint density at radius 1 is 0.842 bits per heavy atom. The van der Waals surface area contributed by atoms with E-state index >= 15 is 0 Å². The second-order valence-electron chi connectivity index (χ2n) is 4.55. The van der Waals surface area contributed by atoms with Gasteiger partial charge in [0.2, 0.25) is 0 Å². The third kappa shape index (κ3) is 2.96. The van der Waals surface area contributed by atoms with Gasteiger partial charge in [-0.1, -0.05) is 24.3 Å². The lowest BCUT2D eigenvalue weighted by atomic mass is 10.1. The number of rotatable bonds is 3. The summed E-state index contributed by atoms with van der Waals surface area (Å²) in [5.41, 5.74) is 2.76. The fraction of sp³-hybridized carbons (Fsp3) is 0.200. The van der Waals surface area contributed by atoms with Gasteiger partial charge in [0.05, 0.1) is 0 Å². The van der Waals surface area contributed by atoms with E-state index in [0.717, 1.165) is 16.7 Å². The monoisotopic (exact) mass is 276 g/mol. The molecule has 0 aliphatic carbocycles. The number of benzene rings is 2. The van der Waals surface area contributed by atoms with Gasteiger partial charge < -0.3 is 4.18 Å². The minimum atomic E-state index is -3.78. The minimum Gasteiger partial charge on any atom is -0.379 e. The van der Waals surface area contributed by atoms with Crippen LogP contribution in [0, 0.1) is 20.8 Å². The number of para-hydroxylation sites is 1. The normalized spacial score (nSPS) is 11.3. The second kappa shape index (κ2) is 5.05. The molecular weight excluding hydrogens is 260 g/mol. The lowest BCUT2D eigenvalue weighted by Gasteiger charge is -2.10. The molecule has 2 aromatic rings. The molecular formula is C15H16O3S. The maximum Gasteiger partial charge on any atom is 0.339 e. The van der Waals surface area contributed by atoms with Gasteiger partial charge in [-0.2, -0.15) is 8.42 Å². The first-order valence-electron chi connectivity index (χ1n) is 5.97. The van der Waals surface area contributed by atoms with Crippen molar-refractivity contribution in [3.8, 4) is 5.75 Å². The molecule has 2 rings (SSSR count). The summed E-state index contributed by atoms with van der Waals surface area (Å²) in [5, 5.41) is 0. The maximum absolute atomic E-state index is 12.2. The molecule has 0 N–H and O–H groups in total. The molecule has 0 aromatic heterocycles. The Morgan fingerprint density at radius 2 is 1.53 bits per heavy atom. The van der Waals surface area contributed by atoms with E-state index in [1.165, 1.54) is 0 Å². The van der Waals surface area contributed by atoms with Gasteiger partial charge in [0, 0.05) is 0 Å². The van der Waals surface area contributed by atoms with Crippen LogP contribution in [-0.2, 0) is 10.1 Å². The molecule has 2 aromatic carbocycles. The van der Waals surface area contributed by atoms with E-state index in [1.807, 2.05) is 32.9 Å². The van der Waals surface area contributed by atoms with Gasteiger partial charge in [-0.15, -0.1) is 0 Å². The summed E-state index contributed by atoms with van der Waals surface area (Å²) >= 11 is 0. The van der Waals surface area contributed by atoms with Crippen molar-refractivity contribution >= 4 is 10.1 Å². The van der Waals surface area contributed by atoms with Gasteiger partial charge in [0.25, 0.3) is 0 Å². The van der Waals surface area contributed by atoms with Crippen molar-refractivity contribution in [3.05, 3.63) is 59.2 Å². The first-order valence-corrected chi connectivity index (χ1v) is 7.38. The largest absolute Gasteiger partial charge is 0.379 e. The van der Waals surface area contributed by atoms with Crippen LogP contribution in [0.15, 0.2) is 47.4 Å². The van der Waals surface area contributed by atoms with Crippen molar-refractivity contribution in [3.63, 3.8) is 0 Å². The van der Waals surface area contributed by atoms with Crippen LogP contribution in [0.5, 0.6) is 5.75 Å². The zero-order valence-corrected chi connectivity index (χ0v) is 12.0. The summed E-state index contributed by atoms with van der Waals surface area (Å²) in [5.74, 6) is 0.362. The molecule has 0 radical (unpaired) electrons. The molecule has 100 valence electrons. The molecule has 0 atom stereocenters. The first-order chi connectivity index (χ1) is 8.90. The van der Waals surface area contributed by atoms with Gasteiger partial charge in [0.1, 0.15) is 10.6 Å². The fourth-order valence-corrected chi connectivity index (χ4v) is 2.76. The minimum absolute atomic E-state index is 0.179. The molecule has 0 unspecified atom stereocenters. The summed E-state index contributed by atoms with van der Waals surface area (Å²) in [7, 11) is -3.78. The van der Waals surface area contributed by atoms with Crippen LogP contribution in [0.4, 0.5) is 0 Å². The summed E-state index contributed by atoms with van der Waals surface area (Å²) in [6.45, 7) is 5.63. The molecule has 0 spiro atoms. The Hall–Kier alpha value is -1.81. The molecule has 0 fully saturated rings. The summed E-state index contributed by atoms with van der Waals surface area (Å²) in [6.07, 6.45) is 0. The van der Waals surface area contributed by atoms with Crippen LogP contribution in [0.3, 0.4) is 0 Å². The third-order valence-electron chi connectivity index (χ3n) is 3.06. The van der Waals surface area contributed by atoms with Crippen LogP contribution in [-0.4, -0.2) is 8.42 Å². The average molecular weight is 276 g/mol. The third-order valence-corrected chi connectivity index (χ3v) is 4.29. The average Bonchev–Trinajstić information content (AvgIpc) is 2.35. The van der Waals surface area contributed by atoms with Crippen LogP contribution in [0.25, 0.3) is 0 Å². The van der Waals surface area contributed by atoms with Crippen molar-refractivity contribution in [1.29, 1.82) is 0 Å². The highest BCUT2D eigenvalue weighted by molar-refractivity contribution is 7.87. The Labute approximate surface area is 114 Å². The van der Waals surface area contributed by atoms with E-state index in [0.29, 0.717) is 5.75 Å². The highest BCUT2D eigenvalue weighted by Crippen LogP contribution is 2.23. The molecule has 0 heterocycles. The van der Waals surface area contributed by atoms with Crippen LogP contribution in [0.1, 0.15) is 16.7 Å². The van der Waals surface area contributed by atoms with Crippen molar-refractivity contribution in [2.45, 2.75) is 25.7 Å². The molecule has 0 saturated heterocycles. The predicted octanol–water partition coefficient (Wildman–Crippen LogP) is 3.38. The summed E-state index contributed by atoms with van der Waals surface area (Å²) in [6, 6.07) is 12.0. The number of hydrogen-bond donors (Lipinski definition) is 0. The van der Waals surface area contributed by atoms with E-state index in [-0.39, 0.29) is 4.90 Å². The van der Waals surface area contributed by atoms with Crippen LogP contribution in [0.2, 0.25) is 0 Å². The van der Waals surface area contributed by atoms with Crippen molar-refractivity contribution < 1.29 is 12.6 Å². The molecule has 4 heteroatoms. The predicted molar refractivity (Wildman–Crippen MR) is 74.9 cm³/mol. The quantitative estimate of drug-likeness (QED) is 0.807. The Kier molecular flexibility index (Phi) is 3.62. The zero-order chi connectivity index (χ0) is 14.0. The lowest BCUT2D eigenvalue weighted by Crippen LogP contribution is -2.10. The highest BCUT2D eigenvalue weighted by Gasteiger charge is 2.18. The van der Waals surface area contributed by atoms with Crippen LogP contribution < -0.4 is 4.18 Å². The molecule has 3 nitrogen and oxygen atoms in total. The van der Waals surface area contributed by atoms with Crippen molar-refractivity contribution in [2.24, 2.45) is 0 Å². The van der Waals surface area contributed by atoms with Gasteiger partial charge >= 0.3 is 10.1 Å². The summed E-state index contributed by atoms with van der Waals surface area (Å²) in [4.78, 5) is 0.179. The van der Waals surface area contributed by atoms with E-state index < -0.39 is 10.1 Å². The first kappa shape index (κ1) is 13.6. The number of aryl methyl sites for hydroxylation is 3. The Morgan fingerprint density at radius 3 is 2.16 bits per heavy atom. The maximum atomic E-state index is 12.2. The van der Waals surface area contributed by atoms with E-state index in [9.17, 15) is 8.42 Å². The molecule has 0 aliphatic rings. The van der Waals surface area contributed by atoms with Crippen molar-refractivity contribution in [1.82, 2.24) is 0 Å². The van der Waals surface area contributed by atoms with E-state index in [4.69, 9.17) is 4.18 Å². The Balaban J connectivity index is 2.38. The molecule has 0 saturated carbocycles. The van der Waals surface area contributed by atoms with E-state index in [1.54, 1.807) is 30.3 Å². The number of hydrogen-bond acceptors (Lipinski definition) is 3. The van der Waals surface area contributed by atoms with Gasteiger partial charge in [-0.25, -0.2) is 0 Å². The zero-order valence-electron chi connectivity index (χ0n) is 11.2. The molecule has 19 heavy (non-hydrogen) atoms.